The number of rotatable bonds is 1. The summed E-state index contributed by atoms with van der Waals surface area (Å²) in [6.07, 6.45) is 3.23. The van der Waals surface area contributed by atoms with Gasteiger partial charge in [0, 0.05) is 58.7 Å². The summed E-state index contributed by atoms with van der Waals surface area (Å²) in [6.45, 7) is 6.10. The number of ether oxygens (including phenoxy) is 1. The number of fused-ring (bicyclic) bond motifs is 1. The van der Waals surface area contributed by atoms with E-state index < -0.39 is 5.41 Å². The Morgan fingerprint density at radius 2 is 1.81 bits per heavy atom. The van der Waals surface area contributed by atoms with Crippen LogP contribution in [0.1, 0.15) is 32.6 Å². The van der Waals surface area contributed by atoms with E-state index in [0.717, 1.165) is 32.2 Å². The average Bonchev–Trinajstić information content (AvgIpc) is 3.33. The fraction of sp³-hybridized carbons (Fsp3) is 0.842. The van der Waals surface area contributed by atoms with Crippen molar-refractivity contribution in [1.29, 1.82) is 0 Å². The van der Waals surface area contributed by atoms with Crippen molar-refractivity contribution in [2.24, 2.45) is 16.7 Å². The lowest BCUT2D eigenvalue weighted by Gasteiger charge is -2.47. The van der Waals surface area contributed by atoms with Crippen molar-refractivity contribution in [3.05, 3.63) is 0 Å². The summed E-state index contributed by atoms with van der Waals surface area (Å²) in [7, 11) is 1.86. The van der Waals surface area contributed by atoms with Crippen LogP contribution in [0.4, 0.5) is 0 Å². The molecule has 4 fully saturated rings. The first kappa shape index (κ1) is 17.8. The highest BCUT2D eigenvalue weighted by molar-refractivity contribution is 5.88. The second-order valence-electron chi connectivity index (χ2n) is 8.60. The molecule has 0 aliphatic carbocycles. The molecule has 7 nitrogen and oxygen atoms in total. The number of hydrogen-bond donors (Lipinski definition) is 0. The molecule has 144 valence electrons. The van der Waals surface area contributed by atoms with Gasteiger partial charge in [0.15, 0.2) is 0 Å². The molecule has 7 heteroatoms. The zero-order valence-electron chi connectivity index (χ0n) is 15.8. The first-order valence-electron chi connectivity index (χ1n) is 9.76. The van der Waals surface area contributed by atoms with Gasteiger partial charge in [-0.1, -0.05) is 0 Å². The SMILES string of the molecule is CC(=O)N1CC2(CCN(C(=O)C3CCOC3)CC2)C2(CCN(C)C2=O)C1. The topological polar surface area (TPSA) is 70.2 Å². The van der Waals surface area contributed by atoms with Crippen molar-refractivity contribution in [3.63, 3.8) is 0 Å². The van der Waals surface area contributed by atoms with E-state index in [2.05, 4.69) is 0 Å². The van der Waals surface area contributed by atoms with Gasteiger partial charge in [0.25, 0.3) is 0 Å². The van der Waals surface area contributed by atoms with Gasteiger partial charge < -0.3 is 19.4 Å². The summed E-state index contributed by atoms with van der Waals surface area (Å²) in [5.41, 5.74) is -0.650. The number of likely N-dealkylation sites (tertiary alicyclic amines) is 3. The maximum Gasteiger partial charge on any atom is 0.231 e. The predicted molar refractivity (Wildman–Crippen MR) is 94.1 cm³/mol. The van der Waals surface area contributed by atoms with E-state index in [0.29, 0.717) is 39.4 Å². The Kier molecular flexibility index (Phi) is 4.25. The molecule has 4 heterocycles. The molecule has 0 aromatic heterocycles. The highest BCUT2D eigenvalue weighted by Crippen LogP contribution is 2.57. The highest BCUT2D eigenvalue weighted by atomic mass is 16.5. The number of carbonyl (C=O) groups excluding carboxylic acids is 3. The van der Waals surface area contributed by atoms with Gasteiger partial charge in [-0.2, -0.15) is 0 Å². The summed E-state index contributed by atoms with van der Waals surface area (Å²) in [5.74, 6) is 0.424. The van der Waals surface area contributed by atoms with Crippen LogP contribution in [-0.4, -0.2) is 85.4 Å². The molecular formula is C19H29N3O4. The average molecular weight is 363 g/mol. The lowest BCUT2D eigenvalue weighted by molar-refractivity contribution is -0.144. The summed E-state index contributed by atoms with van der Waals surface area (Å²) < 4.78 is 5.36. The number of hydrogen-bond acceptors (Lipinski definition) is 4. The van der Waals surface area contributed by atoms with E-state index >= 15 is 0 Å². The third-order valence-electron chi connectivity index (χ3n) is 7.36. The van der Waals surface area contributed by atoms with Gasteiger partial charge >= 0.3 is 0 Å². The van der Waals surface area contributed by atoms with Crippen LogP contribution < -0.4 is 0 Å². The van der Waals surface area contributed by atoms with Crippen LogP contribution in [0.15, 0.2) is 0 Å². The fourth-order valence-corrected chi connectivity index (χ4v) is 5.64. The second-order valence-corrected chi connectivity index (χ2v) is 8.60. The lowest BCUT2D eigenvalue weighted by Crippen LogP contribution is -2.54. The molecule has 3 amide bonds. The second kappa shape index (κ2) is 6.22. The van der Waals surface area contributed by atoms with Gasteiger partial charge in [-0.15, -0.1) is 0 Å². The van der Waals surface area contributed by atoms with Crippen LogP contribution in [0.3, 0.4) is 0 Å². The molecule has 2 spiro atoms. The fourth-order valence-electron chi connectivity index (χ4n) is 5.64. The maximum absolute atomic E-state index is 13.1. The monoisotopic (exact) mass is 363 g/mol. The molecule has 0 aromatic rings. The van der Waals surface area contributed by atoms with Crippen LogP contribution in [0.5, 0.6) is 0 Å². The van der Waals surface area contributed by atoms with E-state index in [4.69, 9.17) is 4.74 Å². The Morgan fingerprint density at radius 3 is 2.35 bits per heavy atom. The Morgan fingerprint density at radius 1 is 1.08 bits per heavy atom. The smallest absolute Gasteiger partial charge is 0.231 e. The van der Waals surface area contributed by atoms with Crippen molar-refractivity contribution in [2.75, 3.05) is 53.0 Å². The molecule has 0 saturated carbocycles. The van der Waals surface area contributed by atoms with Gasteiger partial charge in [-0.25, -0.2) is 0 Å². The van der Waals surface area contributed by atoms with Gasteiger partial charge in [0.2, 0.25) is 17.7 Å². The largest absolute Gasteiger partial charge is 0.381 e. The Hall–Kier alpha value is -1.63. The van der Waals surface area contributed by atoms with Gasteiger partial charge in [0.1, 0.15) is 0 Å². The summed E-state index contributed by atoms with van der Waals surface area (Å²) >= 11 is 0. The van der Waals surface area contributed by atoms with Crippen LogP contribution >= 0.6 is 0 Å². The Labute approximate surface area is 154 Å². The zero-order chi connectivity index (χ0) is 18.5. The minimum atomic E-state index is -0.459. The number of nitrogens with zero attached hydrogens (tertiary/aromatic N) is 3. The minimum Gasteiger partial charge on any atom is -0.381 e. The van der Waals surface area contributed by atoms with E-state index in [9.17, 15) is 14.4 Å². The predicted octanol–water partition coefficient (Wildman–Crippen LogP) is 0.342. The number of piperidine rings is 1. The zero-order valence-corrected chi connectivity index (χ0v) is 15.8. The molecular weight excluding hydrogens is 334 g/mol. The van der Waals surface area contributed by atoms with E-state index in [1.54, 1.807) is 6.92 Å². The van der Waals surface area contributed by atoms with Crippen LogP contribution in [-0.2, 0) is 19.1 Å². The quantitative estimate of drug-likeness (QED) is 0.674. The van der Waals surface area contributed by atoms with Gasteiger partial charge in [-0.05, 0) is 25.7 Å². The molecule has 0 N–H and O–H groups in total. The molecule has 4 aliphatic heterocycles. The molecule has 0 bridgehead atoms. The number of amides is 3. The highest BCUT2D eigenvalue weighted by Gasteiger charge is 2.65. The van der Waals surface area contributed by atoms with E-state index in [1.807, 2.05) is 21.7 Å². The van der Waals surface area contributed by atoms with Crippen LogP contribution in [0, 0.1) is 16.7 Å². The van der Waals surface area contributed by atoms with Crippen molar-refractivity contribution in [1.82, 2.24) is 14.7 Å². The van der Waals surface area contributed by atoms with Gasteiger partial charge in [0.05, 0.1) is 17.9 Å². The first-order chi connectivity index (χ1) is 12.4. The first-order valence-corrected chi connectivity index (χ1v) is 9.76. The van der Waals surface area contributed by atoms with Crippen molar-refractivity contribution in [2.45, 2.75) is 32.6 Å². The Balaban J connectivity index is 1.54. The van der Waals surface area contributed by atoms with Crippen LogP contribution in [0.25, 0.3) is 0 Å². The van der Waals surface area contributed by atoms with E-state index in [-0.39, 0.29) is 29.1 Å². The molecule has 4 aliphatic rings. The Bertz CT molecular complexity index is 622. The maximum atomic E-state index is 13.1. The molecule has 4 saturated heterocycles. The molecule has 2 atom stereocenters. The lowest BCUT2D eigenvalue weighted by atomic mass is 9.60. The standard InChI is InChI=1S/C19H29N3O4/c1-14(23)22-12-18(19(13-22)6-7-20(2)17(19)25)4-8-21(9-5-18)16(24)15-3-10-26-11-15/h15H,3-13H2,1-2H3. The van der Waals surface area contributed by atoms with Crippen molar-refractivity contribution in [3.8, 4) is 0 Å². The summed E-state index contributed by atoms with van der Waals surface area (Å²) in [4.78, 5) is 43.5. The summed E-state index contributed by atoms with van der Waals surface area (Å²) in [6, 6.07) is 0. The third-order valence-corrected chi connectivity index (χ3v) is 7.36. The van der Waals surface area contributed by atoms with E-state index in [1.165, 1.54) is 0 Å². The molecule has 2 unspecified atom stereocenters. The van der Waals surface area contributed by atoms with Gasteiger partial charge in [-0.3, -0.25) is 14.4 Å². The van der Waals surface area contributed by atoms with Crippen molar-refractivity contribution >= 4 is 17.7 Å². The molecule has 0 aromatic carbocycles. The third kappa shape index (κ3) is 2.47. The van der Waals surface area contributed by atoms with Crippen molar-refractivity contribution < 1.29 is 19.1 Å². The molecule has 0 radical (unpaired) electrons. The van der Waals surface area contributed by atoms with Crippen LogP contribution in [0.2, 0.25) is 0 Å². The number of carbonyl (C=O) groups is 3. The molecule has 4 rings (SSSR count). The minimum absolute atomic E-state index is 0.00504. The summed E-state index contributed by atoms with van der Waals surface area (Å²) in [5, 5.41) is 0. The normalized spacial score (nSPS) is 33.7. The molecule has 26 heavy (non-hydrogen) atoms.